The van der Waals surface area contributed by atoms with Gasteiger partial charge in [0, 0.05) is 53.5 Å². The van der Waals surface area contributed by atoms with Crippen LogP contribution in [-0.4, -0.2) is 40.6 Å². The smallest absolute Gasteiger partial charge is 0.127 e. The summed E-state index contributed by atoms with van der Waals surface area (Å²) >= 11 is 4.15. The molecule has 0 aromatic carbocycles. The molecule has 0 radical (unpaired) electrons. The van der Waals surface area contributed by atoms with E-state index in [1.54, 1.807) is 0 Å². The summed E-state index contributed by atoms with van der Waals surface area (Å²) < 4.78 is 0. The Morgan fingerprint density at radius 3 is 3.12 bits per heavy atom. The van der Waals surface area contributed by atoms with E-state index < -0.39 is 0 Å². The van der Waals surface area contributed by atoms with Gasteiger partial charge in [0.2, 0.25) is 0 Å². The molecule has 1 saturated heterocycles. The summed E-state index contributed by atoms with van der Waals surface area (Å²) in [5.74, 6) is 4.81. The average Bonchev–Trinajstić information content (AvgIpc) is 2.39. The zero-order valence-electron chi connectivity index (χ0n) is 10.1. The van der Waals surface area contributed by atoms with Crippen molar-refractivity contribution in [1.29, 1.82) is 0 Å². The number of nitrogens with zero attached hydrogens (tertiary/aromatic N) is 1. The van der Waals surface area contributed by atoms with E-state index in [0.29, 0.717) is 0 Å². The van der Waals surface area contributed by atoms with Crippen molar-refractivity contribution in [1.82, 2.24) is 4.98 Å². The van der Waals surface area contributed by atoms with Gasteiger partial charge in [-0.05, 0) is 13.0 Å². The Balaban J connectivity index is 1.83. The maximum absolute atomic E-state index is 4.26. The molecule has 0 aliphatic carbocycles. The summed E-state index contributed by atoms with van der Waals surface area (Å²) in [4.78, 5) is 4.26. The lowest BCUT2D eigenvalue weighted by molar-refractivity contribution is 1.00. The number of thioether (sulfide) groups is 2. The van der Waals surface area contributed by atoms with Crippen molar-refractivity contribution in [2.45, 2.75) is 12.2 Å². The first kappa shape index (κ1) is 12.9. The van der Waals surface area contributed by atoms with Crippen LogP contribution in [-0.2, 0) is 0 Å². The molecule has 2 N–H and O–H groups in total. The topological polar surface area (TPSA) is 37.0 Å². The van der Waals surface area contributed by atoms with Crippen LogP contribution in [0, 0.1) is 0 Å². The molecule has 5 heteroatoms. The monoisotopic (exact) mass is 269 g/mol. The lowest BCUT2D eigenvalue weighted by Gasteiger charge is -2.21. The number of anilines is 2. The van der Waals surface area contributed by atoms with Crippen LogP contribution in [0.15, 0.2) is 18.3 Å². The summed E-state index contributed by atoms with van der Waals surface area (Å²) in [7, 11) is 0. The molecule has 1 unspecified atom stereocenters. The van der Waals surface area contributed by atoms with Gasteiger partial charge in [0.15, 0.2) is 0 Å². The van der Waals surface area contributed by atoms with Crippen molar-refractivity contribution in [3.63, 3.8) is 0 Å². The Bertz CT molecular complexity index is 340. The number of pyridine rings is 1. The summed E-state index contributed by atoms with van der Waals surface area (Å²) in [5, 5.41) is 7.46. The van der Waals surface area contributed by atoms with Crippen LogP contribution in [0.1, 0.15) is 6.92 Å². The van der Waals surface area contributed by atoms with Gasteiger partial charge in [-0.3, -0.25) is 0 Å². The molecule has 0 bridgehead atoms. The summed E-state index contributed by atoms with van der Waals surface area (Å²) in [6.45, 7) is 4.04. The average molecular weight is 269 g/mol. The van der Waals surface area contributed by atoms with Crippen molar-refractivity contribution in [3.8, 4) is 0 Å². The van der Waals surface area contributed by atoms with Gasteiger partial charge in [0.1, 0.15) is 5.82 Å². The first-order valence-corrected chi connectivity index (χ1v) is 8.22. The first-order valence-electron chi connectivity index (χ1n) is 6.01. The van der Waals surface area contributed by atoms with E-state index in [0.717, 1.165) is 29.8 Å². The fourth-order valence-electron chi connectivity index (χ4n) is 1.70. The SMILES string of the molecule is CCNc1cc(NCC2CSCCS2)ccn1. The summed E-state index contributed by atoms with van der Waals surface area (Å²) in [6, 6.07) is 4.10. The normalized spacial score (nSPS) is 19.9. The number of aromatic nitrogens is 1. The van der Waals surface area contributed by atoms with Crippen molar-refractivity contribution in [3.05, 3.63) is 18.3 Å². The summed E-state index contributed by atoms with van der Waals surface area (Å²) in [6.07, 6.45) is 1.85. The predicted molar refractivity (Wildman–Crippen MR) is 80.5 cm³/mol. The largest absolute Gasteiger partial charge is 0.384 e. The van der Waals surface area contributed by atoms with Crippen LogP contribution in [0.25, 0.3) is 0 Å². The maximum atomic E-state index is 4.26. The van der Waals surface area contributed by atoms with E-state index in [1.165, 1.54) is 17.3 Å². The molecule has 1 atom stereocenters. The minimum absolute atomic E-state index is 0.740. The van der Waals surface area contributed by atoms with Crippen LogP contribution in [0.5, 0.6) is 0 Å². The molecular weight excluding hydrogens is 250 g/mol. The minimum atomic E-state index is 0.740. The van der Waals surface area contributed by atoms with Gasteiger partial charge >= 0.3 is 0 Å². The Morgan fingerprint density at radius 2 is 2.35 bits per heavy atom. The number of nitrogens with one attached hydrogen (secondary N) is 2. The van der Waals surface area contributed by atoms with Crippen molar-refractivity contribution < 1.29 is 0 Å². The molecule has 1 aliphatic rings. The van der Waals surface area contributed by atoms with Gasteiger partial charge in [-0.15, -0.1) is 0 Å². The Labute approximate surface area is 112 Å². The van der Waals surface area contributed by atoms with E-state index in [1.807, 2.05) is 12.3 Å². The molecule has 0 saturated carbocycles. The molecule has 1 aromatic heterocycles. The highest BCUT2D eigenvalue weighted by Gasteiger charge is 2.13. The van der Waals surface area contributed by atoms with E-state index in [-0.39, 0.29) is 0 Å². The molecule has 0 amide bonds. The van der Waals surface area contributed by atoms with Gasteiger partial charge in [-0.2, -0.15) is 23.5 Å². The zero-order valence-corrected chi connectivity index (χ0v) is 11.7. The highest BCUT2D eigenvalue weighted by molar-refractivity contribution is 8.06. The highest BCUT2D eigenvalue weighted by Crippen LogP contribution is 2.24. The Kier molecular flexibility index (Phi) is 5.32. The molecule has 0 spiro atoms. The predicted octanol–water partition coefficient (Wildman–Crippen LogP) is 2.77. The molecule has 94 valence electrons. The molecule has 17 heavy (non-hydrogen) atoms. The lowest BCUT2D eigenvalue weighted by Crippen LogP contribution is -2.23. The van der Waals surface area contributed by atoms with E-state index >= 15 is 0 Å². The van der Waals surface area contributed by atoms with Gasteiger partial charge in [-0.1, -0.05) is 0 Å². The van der Waals surface area contributed by atoms with Crippen LogP contribution >= 0.6 is 23.5 Å². The molecule has 1 aromatic rings. The first-order chi connectivity index (χ1) is 8.38. The van der Waals surface area contributed by atoms with Crippen LogP contribution in [0.4, 0.5) is 11.5 Å². The van der Waals surface area contributed by atoms with Gasteiger partial charge in [-0.25, -0.2) is 4.98 Å². The number of rotatable bonds is 5. The highest BCUT2D eigenvalue weighted by atomic mass is 32.2. The quantitative estimate of drug-likeness (QED) is 0.859. The van der Waals surface area contributed by atoms with E-state index in [9.17, 15) is 0 Å². The third-order valence-electron chi connectivity index (χ3n) is 2.54. The van der Waals surface area contributed by atoms with Crippen molar-refractivity contribution in [2.24, 2.45) is 0 Å². The van der Waals surface area contributed by atoms with Gasteiger partial charge in [0.25, 0.3) is 0 Å². The van der Waals surface area contributed by atoms with Gasteiger partial charge < -0.3 is 10.6 Å². The molecule has 1 fully saturated rings. The second-order valence-corrected chi connectivity index (χ2v) is 6.47. The van der Waals surface area contributed by atoms with E-state index in [4.69, 9.17) is 0 Å². The molecule has 3 nitrogen and oxygen atoms in total. The minimum Gasteiger partial charge on any atom is -0.384 e. The van der Waals surface area contributed by atoms with Crippen molar-refractivity contribution >= 4 is 35.0 Å². The molecule has 2 rings (SSSR count). The molecular formula is C12H19N3S2. The standard InChI is InChI=1S/C12H19N3S2/c1-2-13-12-7-10(3-4-14-12)15-8-11-9-16-5-6-17-11/h3-4,7,11H,2,5-6,8-9H2,1H3,(H2,13,14,15). The number of hydrogen-bond donors (Lipinski definition) is 2. The third kappa shape index (κ3) is 4.32. The Morgan fingerprint density at radius 1 is 1.41 bits per heavy atom. The fourth-order valence-corrected chi connectivity index (χ4v) is 4.32. The lowest BCUT2D eigenvalue weighted by atomic mass is 10.3. The van der Waals surface area contributed by atoms with Gasteiger partial charge in [0.05, 0.1) is 0 Å². The Hall–Kier alpha value is -0.550. The summed E-state index contributed by atoms with van der Waals surface area (Å²) in [5.41, 5.74) is 1.16. The second-order valence-electron chi connectivity index (χ2n) is 3.91. The van der Waals surface area contributed by atoms with Crippen LogP contribution in [0.2, 0.25) is 0 Å². The fraction of sp³-hybridized carbons (Fsp3) is 0.583. The third-order valence-corrected chi connectivity index (χ3v) is 5.38. The van der Waals surface area contributed by atoms with E-state index in [2.05, 4.69) is 52.1 Å². The zero-order chi connectivity index (χ0) is 11.9. The van der Waals surface area contributed by atoms with Crippen LogP contribution < -0.4 is 10.6 Å². The molecule has 2 heterocycles. The number of hydrogen-bond acceptors (Lipinski definition) is 5. The maximum Gasteiger partial charge on any atom is 0.127 e. The molecule has 1 aliphatic heterocycles. The van der Waals surface area contributed by atoms with Crippen molar-refractivity contribution in [2.75, 3.05) is 41.0 Å². The second kappa shape index (κ2) is 7.01. The van der Waals surface area contributed by atoms with Crippen LogP contribution in [0.3, 0.4) is 0 Å².